The summed E-state index contributed by atoms with van der Waals surface area (Å²) < 4.78 is 10.8. The van der Waals surface area contributed by atoms with Crippen molar-refractivity contribution in [2.45, 2.75) is 19.3 Å². The van der Waals surface area contributed by atoms with E-state index in [1.807, 2.05) is 6.07 Å². The predicted octanol–water partition coefficient (Wildman–Crippen LogP) is 1.52. The van der Waals surface area contributed by atoms with Crippen LogP contribution < -0.4 is 21.2 Å². The standard InChI is InChI=1S/C20H17N3O5/c24-18(22-23-19(25)16-6-1-2-9-21-16)11-27-12-7-8-14-13-4-3-5-15(13)20(26)28-17(14)10-12/h1-2,6-10H,3-5,11H2,(H,22,24)(H,23,25). The van der Waals surface area contributed by atoms with Crippen LogP contribution in [0, 0.1) is 0 Å². The highest BCUT2D eigenvalue weighted by Crippen LogP contribution is 2.29. The monoisotopic (exact) mass is 379 g/mol. The summed E-state index contributed by atoms with van der Waals surface area (Å²) in [4.78, 5) is 39.6. The first-order valence-corrected chi connectivity index (χ1v) is 8.83. The van der Waals surface area contributed by atoms with Crippen LogP contribution in [0.4, 0.5) is 0 Å². The fourth-order valence-corrected chi connectivity index (χ4v) is 3.23. The third kappa shape index (κ3) is 3.57. The highest BCUT2D eigenvalue weighted by atomic mass is 16.5. The molecule has 4 rings (SSSR count). The van der Waals surface area contributed by atoms with Crippen molar-refractivity contribution in [1.82, 2.24) is 15.8 Å². The molecule has 1 aliphatic carbocycles. The van der Waals surface area contributed by atoms with E-state index in [0.29, 0.717) is 11.3 Å². The van der Waals surface area contributed by atoms with Gasteiger partial charge in [-0.25, -0.2) is 4.79 Å². The zero-order valence-electron chi connectivity index (χ0n) is 14.9. The van der Waals surface area contributed by atoms with Crippen molar-refractivity contribution >= 4 is 22.8 Å². The Hall–Kier alpha value is -3.68. The second-order valence-corrected chi connectivity index (χ2v) is 6.36. The number of pyridine rings is 1. The van der Waals surface area contributed by atoms with Crippen LogP contribution in [0.25, 0.3) is 11.0 Å². The molecule has 0 atom stereocenters. The molecule has 2 amide bonds. The number of rotatable bonds is 4. The molecule has 1 aromatic carbocycles. The molecule has 0 saturated carbocycles. The minimum Gasteiger partial charge on any atom is -0.484 e. The van der Waals surface area contributed by atoms with Gasteiger partial charge < -0.3 is 9.15 Å². The van der Waals surface area contributed by atoms with Gasteiger partial charge in [-0.2, -0.15) is 0 Å². The first kappa shape index (κ1) is 17.7. The molecule has 28 heavy (non-hydrogen) atoms. The number of hydrazine groups is 1. The topological polar surface area (TPSA) is 111 Å². The number of fused-ring (bicyclic) bond motifs is 3. The number of aryl methyl sites for hydroxylation is 1. The van der Waals surface area contributed by atoms with Crippen molar-refractivity contribution in [3.05, 3.63) is 69.8 Å². The van der Waals surface area contributed by atoms with Gasteiger partial charge in [-0.15, -0.1) is 0 Å². The minimum atomic E-state index is -0.542. The van der Waals surface area contributed by atoms with Gasteiger partial charge in [0.2, 0.25) is 0 Å². The van der Waals surface area contributed by atoms with E-state index in [4.69, 9.17) is 9.15 Å². The van der Waals surface area contributed by atoms with Crippen LogP contribution >= 0.6 is 0 Å². The van der Waals surface area contributed by atoms with E-state index in [2.05, 4.69) is 15.8 Å². The first-order chi connectivity index (χ1) is 13.6. The number of nitrogens with one attached hydrogen (secondary N) is 2. The van der Waals surface area contributed by atoms with Crippen LogP contribution in [-0.2, 0) is 17.6 Å². The minimum absolute atomic E-state index is 0.181. The fraction of sp³-hybridized carbons (Fsp3) is 0.200. The zero-order chi connectivity index (χ0) is 19.5. The number of ether oxygens (including phenoxy) is 1. The Morgan fingerprint density at radius 1 is 1.11 bits per heavy atom. The number of amides is 2. The van der Waals surface area contributed by atoms with E-state index in [1.165, 1.54) is 12.3 Å². The van der Waals surface area contributed by atoms with Gasteiger partial charge in [0.15, 0.2) is 6.61 Å². The third-order valence-corrected chi connectivity index (χ3v) is 4.53. The first-order valence-electron chi connectivity index (χ1n) is 8.83. The summed E-state index contributed by atoms with van der Waals surface area (Å²) in [6.45, 7) is -0.316. The van der Waals surface area contributed by atoms with Crippen LogP contribution in [0.15, 0.2) is 51.8 Å². The molecule has 3 aromatic rings. The van der Waals surface area contributed by atoms with Gasteiger partial charge >= 0.3 is 5.63 Å². The number of carbonyl (C=O) groups excluding carboxylic acids is 2. The lowest BCUT2D eigenvalue weighted by atomic mass is 10.1. The van der Waals surface area contributed by atoms with Gasteiger partial charge in [0.05, 0.1) is 0 Å². The molecule has 0 radical (unpaired) electrons. The Morgan fingerprint density at radius 3 is 2.79 bits per heavy atom. The molecule has 0 spiro atoms. The smallest absolute Gasteiger partial charge is 0.339 e. The maximum atomic E-state index is 12.1. The third-order valence-electron chi connectivity index (χ3n) is 4.53. The van der Waals surface area contributed by atoms with Crippen LogP contribution in [0.3, 0.4) is 0 Å². The average Bonchev–Trinajstić information content (AvgIpc) is 3.22. The van der Waals surface area contributed by atoms with Crippen LogP contribution in [0.5, 0.6) is 5.75 Å². The van der Waals surface area contributed by atoms with Gasteiger partial charge in [-0.3, -0.25) is 25.4 Å². The van der Waals surface area contributed by atoms with Gasteiger partial charge in [-0.1, -0.05) is 6.07 Å². The second-order valence-electron chi connectivity index (χ2n) is 6.36. The van der Waals surface area contributed by atoms with E-state index >= 15 is 0 Å². The molecule has 8 heteroatoms. The van der Waals surface area contributed by atoms with Crippen molar-refractivity contribution in [2.75, 3.05) is 6.61 Å². The van der Waals surface area contributed by atoms with Crippen molar-refractivity contribution in [3.8, 4) is 5.75 Å². The van der Waals surface area contributed by atoms with Gasteiger partial charge in [0.1, 0.15) is 17.0 Å². The quantitative estimate of drug-likeness (QED) is 0.525. The van der Waals surface area contributed by atoms with E-state index in [-0.39, 0.29) is 17.9 Å². The van der Waals surface area contributed by atoms with Crippen molar-refractivity contribution in [3.63, 3.8) is 0 Å². The molecular weight excluding hydrogens is 362 g/mol. The number of hydrogen-bond donors (Lipinski definition) is 2. The maximum absolute atomic E-state index is 12.1. The van der Waals surface area contributed by atoms with E-state index in [0.717, 1.165) is 35.8 Å². The normalized spacial score (nSPS) is 12.4. The van der Waals surface area contributed by atoms with Gasteiger partial charge in [0.25, 0.3) is 11.8 Å². The lowest BCUT2D eigenvalue weighted by Crippen LogP contribution is -2.44. The van der Waals surface area contributed by atoms with Gasteiger partial charge in [0, 0.05) is 23.2 Å². The number of aromatic nitrogens is 1. The Morgan fingerprint density at radius 2 is 1.96 bits per heavy atom. The second kappa shape index (κ2) is 7.51. The van der Waals surface area contributed by atoms with E-state index in [9.17, 15) is 14.4 Å². The number of hydrogen-bond acceptors (Lipinski definition) is 6. The lowest BCUT2D eigenvalue weighted by molar-refractivity contribution is -0.123. The maximum Gasteiger partial charge on any atom is 0.339 e. The molecule has 2 heterocycles. The van der Waals surface area contributed by atoms with Crippen LogP contribution in [-0.4, -0.2) is 23.4 Å². The van der Waals surface area contributed by atoms with E-state index in [1.54, 1.807) is 24.3 Å². The summed E-state index contributed by atoms with van der Waals surface area (Å²) in [5.41, 5.74) is 6.61. The summed E-state index contributed by atoms with van der Waals surface area (Å²) in [5, 5.41) is 0.895. The molecular formula is C20H17N3O5. The lowest BCUT2D eigenvalue weighted by Gasteiger charge is -2.10. The average molecular weight is 379 g/mol. The molecule has 0 unspecified atom stereocenters. The van der Waals surface area contributed by atoms with Crippen LogP contribution in [0.1, 0.15) is 28.0 Å². The number of benzene rings is 1. The number of nitrogens with zero attached hydrogens (tertiary/aromatic N) is 1. The summed E-state index contributed by atoms with van der Waals surface area (Å²) in [6.07, 6.45) is 4.03. The largest absolute Gasteiger partial charge is 0.484 e. The molecule has 0 fully saturated rings. The Balaban J connectivity index is 1.37. The molecule has 142 valence electrons. The Bertz CT molecular complexity index is 1110. The molecule has 8 nitrogen and oxygen atoms in total. The summed E-state index contributed by atoms with van der Waals surface area (Å²) in [7, 11) is 0. The fourth-order valence-electron chi connectivity index (χ4n) is 3.23. The van der Waals surface area contributed by atoms with Crippen molar-refractivity contribution in [1.29, 1.82) is 0 Å². The molecule has 2 aromatic heterocycles. The molecule has 0 saturated heterocycles. The highest BCUT2D eigenvalue weighted by Gasteiger charge is 2.19. The van der Waals surface area contributed by atoms with E-state index < -0.39 is 11.8 Å². The molecule has 2 N–H and O–H groups in total. The summed E-state index contributed by atoms with van der Waals surface area (Å²) >= 11 is 0. The summed E-state index contributed by atoms with van der Waals surface area (Å²) in [5.74, 6) is -0.685. The Labute approximate surface area is 159 Å². The van der Waals surface area contributed by atoms with Crippen molar-refractivity contribution < 1.29 is 18.7 Å². The highest BCUT2D eigenvalue weighted by molar-refractivity contribution is 5.93. The van der Waals surface area contributed by atoms with Crippen LogP contribution in [0.2, 0.25) is 0 Å². The number of carbonyl (C=O) groups is 2. The predicted molar refractivity (Wildman–Crippen MR) is 99.8 cm³/mol. The summed E-state index contributed by atoms with van der Waals surface area (Å²) in [6, 6.07) is 10.0. The Kier molecular flexibility index (Phi) is 4.76. The molecule has 0 bridgehead atoms. The van der Waals surface area contributed by atoms with Gasteiger partial charge in [-0.05, 0) is 49.1 Å². The van der Waals surface area contributed by atoms with Crippen molar-refractivity contribution in [2.24, 2.45) is 0 Å². The zero-order valence-corrected chi connectivity index (χ0v) is 14.9. The molecule has 0 aliphatic heterocycles. The SMILES string of the molecule is O=C(COc1ccc2c3c(c(=O)oc2c1)CCC3)NNC(=O)c1ccccn1. The molecule has 1 aliphatic rings.